The zero-order valence-electron chi connectivity index (χ0n) is 13.8. The molecule has 1 aromatic carbocycles. The summed E-state index contributed by atoms with van der Waals surface area (Å²) in [4.78, 5) is 24.6. The molecule has 0 unspecified atom stereocenters. The van der Waals surface area contributed by atoms with E-state index in [4.69, 9.17) is 4.74 Å². The molecule has 24 heavy (non-hydrogen) atoms. The topological polar surface area (TPSA) is 67.4 Å². The lowest BCUT2D eigenvalue weighted by atomic mass is 9.95. The number of hydrogen-bond donors (Lipinski definition) is 2. The molecule has 1 saturated carbocycles. The number of allylic oxidation sites excluding steroid dienone is 1. The van der Waals surface area contributed by atoms with Crippen molar-refractivity contribution in [3.05, 3.63) is 45.1 Å². The molecule has 0 spiro atoms. The molecule has 2 N–H and O–H groups in total. The van der Waals surface area contributed by atoms with Gasteiger partial charge in [0.15, 0.2) is 0 Å². The van der Waals surface area contributed by atoms with E-state index in [1.165, 1.54) is 0 Å². The molecule has 3 rings (SSSR count). The van der Waals surface area contributed by atoms with Crippen LogP contribution in [-0.2, 0) is 9.53 Å². The van der Waals surface area contributed by atoms with E-state index < -0.39 is 6.04 Å². The minimum absolute atomic E-state index is 0.0131. The van der Waals surface area contributed by atoms with Gasteiger partial charge < -0.3 is 15.4 Å². The van der Waals surface area contributed by atoms with E-state index in [9.17, 15) is 9.59 Å². The lowest BCUT2D eigenvalue weighted by molar-refractivity contribution is -0.144. The van der Waals surface area contributed by atoms with Gasteiger partial charge in [-0.1, -0.05) is 28.1 Å². The van der Waals surface area contributed by atoms with Gasteiger partial charge in [-0.2, -0.15) is 0 Å². The Balaban J connectivity index is 1.92. The lowest BCUT2D eigenvalue weighted by Crippen LogP contribution is -2.45. The molecule has 2 aliphatic rings. The Morgan fingerprint density at radius 1 is 1.25 bits per heavy atom. The molecule has 1 aliphatic carbocycles. The predicted molar refractivity (Wildman–Crippen MR) is 94.3 cm³/mol. The van der Waals surface area contributed by atoms with E-state index in [0.29, 0.717) is 11.3 Å². The molecule has 1 heterocycles. The van der Waals surface area contributed by atoms with E-state index in [0.717, 1.165) is 41.3 Å². The van der Waals surface area contributed by atoms with Crippen molar-refractivity contribution in [3.8, 4) is 0 Å². The average Bonchev–Trinajstić information content (AvgIpc) is 3.02. The van der Waals surface area contributed by atoms with Crippen LogP contribution in [0.5, 0.6) is 0 Å². The van der Waals surface area contributed by atoms with Gasteiger partial charge in [0.2, 0.25) is 0 Å². The number of esters is 1. The molecule has 0 aromatic heterocycles. The van der Waals surface area contributed by atoms with Gasteiger partial charge in [0.1, 0.15) is 6.10 Å². The maximum absolute atomic E-state index is 12.7. The van der Waals surface area contributed by atoms with E-state index in [-0.39, 0.29) is 18.1 Å². The molecule has 1 fully saturated rings. The Morgan fingerprint density at radius 2 is 1.96 bits per heavy atom. The fourth-order valence-corrected chi connectivity index (χ4v) is 3.62. The van der Waals surface area contributed by atoms with Crippen molar-refractivity contribution in [2.24, 2.45) is 0 Å². The SMILES string of the molecule is CC1=C(C(=O)OC2CCCC2)[C@@H](c2ccc(C)c(Br)c2)NC(=O)N1. The zero-order valence-corrected chi connectivity index (χ0v) is 15.4. The molecule has 2 amide bonds. The monoisotopic (exact) mass is 392 g/mol. The first-order valence-corrected chi connectivity index (χ1v) is 9.00. The highest BCUT2D eigenvalue weighted by Gasteiger charge is 2.34. The molecule has 128 valence electrons. The number of halogens is 1. The van der Waals surface area contributed by atoms with Gasteiger partial charge >= 0.3 is 12.0 Å². The van der Waals surface area contributed by atoms with E-state index in [1.54, 1.807) is 6.92 Å². The Labute approximate surface area is 150 Å². The summed E-state index contributed by atoms with van der Waals surface area (Å²) in [6.07, 6.45) is 4.01. The Bertz CT molecular complexity index is 708. The molecule has 0 bridgehead atoms. The summed E-state index contributed by atoms with van der Waals surface area (Å²) in [5.74, 6) is -0.353. The molecular formula is C18H21BrN2O3. The summed E-state index contributed by atoms with van der Waals surface area (Å²) in [7, 11) is 0. The van der Waals surface area contributed by atoms with Gasteiger partial charge in [0.05, 0.1) is 11.6 Å². The minimum atomic E-state index is -0.510. The zero-order chi connectivity index (χ0) is 17.3. The van der Waals surface area contributed by atoms with Crippen molar-refractivity contribution in [1.82, 2.24) is 10.6 Å². The van der Waals surface area contributed by atoms with Gasteiger partial charge in [0, 0.05) is 10.2 Å². The van der Waals surface area contributed by atoms with Crippen molar-refractivity contribution >= 4 is 27.9 Å². The van der Waals surface area contributed by atoms with Crippen LogP contribution < -0.4 is 10.6 Å². The number of hydrogen-bond acceptors (Lipinski definition) is 3. The maximum Gasteiger partial charge on any atom is 0.338 e. The number of aryl methyl sites for hydroxylation is 1. The normalized spacial score (nSPS) is 21.5. The second-order valence-corrected chi connectivity index (χ2v) is 7.24. The third-order valence-corrected chi connectivity index (χ3v) is 5.45. The highest BCUT2D eigenvalue weighted by Crippen LogP contribution is 2.31. The van der Waals surface area contributed by atoms with Crippen LogP contribution in [-0.4, -0.2) is 18.1 Å². The van der Waals surface area contributed by atoms with E-state index in [2.05, 4.69) is 26.6 Å². The van der Waals surface area contributed by atoms with Crippen LogP contribution in [0.4, 0.5) is 4.79 Å². The lowest BCUT2D eigenvalue weighted by Gasteiger charge is -2.29. The van der Waals surface area contributed by atoms with Crippen LogP contribution in [0.25, 0.3) is 0 Å². The molecule has 1 atom stereocenters. The number of urea groups is 1. The summed E-state index contributed by atoms with van der Waals surface area (Å²) in [6, 6.07) is 4.99. The molecule has 0 radical (unpaired) electrons. The van der Waals surface area contributed by atoms with Crippen molar-refractivity contribution in [3.63, 3.8) is 0 Å². The predicted octanol–water partition coefficient (Wildman–Crippen LogP) is 3.87. The number of ether oxygens (including phenoxy) is 1. The first kappa shape index (κ1) is 17.0. The van der Waals surface area contributed by atoms with Crippen molar-refractivity contribution < 1.29 is 14.3 Å². The highest BCUT2D eigenvalue weighted by atomic mass is 79.9. The second-order valence-electron chi connectivity index (χ2n) is 6.39. The third kappa shape index (κ3) is 3.48. The standard InChI is InChI=1S/C18H21BrN2O3/c1-10-7-8-12(9-14(10)19)16-15(11(2)20-18(23)21-16)17(22)24-13-5-3-4-6-13/h7-9,13,16H,3-6H2,1-2H3,(H2,20,21,23)/t16-/m1/s1. The average molecular weight is 393 g/mol. The fourth-order valence-electron chi connectivity index (χ4n) is 3.22. The summed E-state index contributed by atoms with van der Waals surface area (Å²) in [6.45, 7) is 3.73. The molecule has 1 aliphatic heterocycles. The Hall–Kier alpha value is -1.82. The van der Waals surface area contributed by atoms with Gasteiger partial charge in [-0.3, -0.25) is 0 Å². The van der Waals surface area contributed by atoms with Gasteiger partial charge in [-0.25, -0.2) is 9.59 Å². The fraction of sp³-hybridized carbons (Fsp3) is 0.444. The van der Waals surface area contributed by atoms with E-state index >= 15 is 0 Å². The van der Waals surface area contributed by atoms with Gasteiger partial charge in [-0.15, -0.1) is 0 Å². The minimum Gasteiger partial charge on any atom is -0.459 e. The maximum atomic E-state index is 12.7. The highest BCUT2D eigenvalue weighted by molar-refractivity contribution is 9.10. The molecular weight excluding hydrogens is 372 g/mol. The number of carbonyl (C=O) groups is 2. The van der Waals surface area contributed by atoms with E-state index in [1.807, 2.05) is 25.1 Å². The number of amides is 2. The first-order valence-electron chi connectivity index (χ1n) is 8.21. The molecule has 5 nitrogen and oxygen atoms in total. The van der Waals surface area contributed by atoms with Gasteiger partial charge in [-0.05, 0) is 56.7 Å². The van der Waals surface area contributed by atoms with Crippen LogP contribution in [0.15, 0.2) is 33.9 Å². The molecule has 6 heteroatoms. The number of carbonyl (C=O) groups excluding carboxylic acids is 2. The van der Waals surface area contributed by atoms with Crippen LogP contribution in [0.3, 0.4) is 0 Å². The number of rotatable bonds is 3. The molecule has 1 aromatic rings. The third-order valence-electron chi connectivity index (χ3n) is 4.59. The summed E-state index contributed by atoms with van der Waals surface area (Å²) in [5, 5.41) is 5.51. The second kappa shape index (κ2) is 6.97. The Morgan fingerprint density at radius 3 is 2.62 bits per heavy atom. The smallest absolute Gasteiger partial charge is 0.338 e. The van der Waals surface area contributed by atoms with Crippen molar-refractivity contribution in [2.45, 2.75) is 51.7 Å². The van der Waals surface area contributed by atoms with Crippen LogP contribution >= 0.6 is 15.9 Å². The summed E-state index contributed by atoms with van der Waals surface area (Å²) < 4.78 is 6.60. The summed E-state index contributed by atoms with van der Waals surface area (Å²) >= 11 is 3.51. The molecule has 0 saturated heterocycles. The number of nitrogens with one attached hydrogen (secondary N) is 2. The van der Waals surface area contributed by atoms with Crippen LogP contribution in [0.1, 0.15) is 49.8 Å². The first-order chi connectivity index (χ1) is 11.5. The quantitative estimate of drug-likeness (QED) is 0.767. The number of benzene rings is 1. The van der Waals surface area contributed by atoms with Crippen molar-refractivity contribution in [1.29, 1.82) is 0 Å². The summed E-state index contributed by atoms with van der Waals surface area (Å²) in [5.41, 5.74) is 2.95. The largest absolute Gasteiger partial charge is 0.459 e. The Kier molecular flexibility index (Phi) is 4.94. The van der Waals surface area contributed by atoms with Crippen LogP contribution in [0, 0.1) is 6.92 Å². The van der Waals surface area contributed by atoms with Gasteiger partial charge in [0.25, 0.3) is 0 Å². The van der Waals surface area contributed by atoms with Crippen LogP contribution in [0.2, 0.25) is 0 Å². The van der Waals surface area contributed by atoms with Crippen molar-refractivity contribution in [2.75, 3.05) is 0 Å².